The molecule has 0 heterocycles. The molecule has 0 aliphatic heterocycles. The summed E-state index contributed by atoms with van der Waals surface area (Å²) in [6.45, 7) is 13.6. The Morgan fingerprint density at radius 1 is 0.632 bits per heavy atom. The molecule has 0 amide bonds. The lowest BCUT2D eigenvalue weighted by Crippen LogP contribution is -3.61. The van der Waals surface area contributed by atoms with Crippen LogP contribution >= 0.6 is 13.5 Å². The van der Waals surface area contributed by atoms with Crippen LogP contribution in [0.5, 0.6) is 0 Å². The summed E-state index contributed by atoms with van der Waals surface area (Å²) >= 11 is -0.0703. The van der Waals surface area contributed by atoms with Crippen LogP contribution in [0.2, 0.25) is 0 Å². The molecule has 6 nitrogen and oxygen atoms in total. The fourth-order valence-corrected chi connectivity index (χ4v) is 4.31. The van der Waals surface area contributed by atoms with Crippen LogP contribution in [-0.2, 0) is 31.1 Å². The maximum absolute atomic E-state index is 10.7. The molecule has 16 heteroatoms. The second-order valence-corrected chi connectivity index (χ2v) is 15.2. The van der Waals surface area contributed by atoms with E-state index >= 15 is 0 Å². The second kappa shape index (κ2) is 14.0. The zero-order valence-electron chi connectivity index (χ0n) is 21.1. The van der Waals surface area contributed by atoms with Crippen molar-refractivity contribution in [3.8, 4) is 0 Å². The summed E-state index contributed by atoms with van der Waals surface area (Å²) in [6, 6.07) is 18.4. The van der Waals surface area contributed by atoms with Crippen molar-refractivity contribution < 1.29 is 73.5 Å². The van der Waals surface area contributed by atoms with Crippen LogP contribution in [0, 0.1) is 7.14 Å². The van der Waals surface area contributed by atoms with Gasteiger partial charge in [0.2, 0.25) is 0 Å². The lowest BCUT2D eigenvalue weighted by Gasteiger charge is -2.18. The Hall–Kier alpha value is -1.08. The van der Waals surface area contributed by atoms with Crippen LogP contribution in [0.25, 0.3) is 0 Å². The van der Waals surface area contributed by atoms with Gasteiger partial charge in [-0.25, -0.2) is 8.42 Å². The predicted octanol–water partition coefficient (Wildman–Crippen LogP) is 2.97. The van der Waals surface area contributed by atoms with E-state index in [0.29, 0.717) is 0 Å². The van der Waals surface area contributed by atoms with E-state index in [0.717, 1.165) is 0 Å². The smallest absolute Gasteiger partial charge is 0.522 e. The first-order valence-electron chi connectivity index (χ1n) is 10.1. The van der Waals surface area contributed by atoms with Crippen molar-refractivity contribution in [3.05, 3.63) is 66.8 Å². The van der Waals surface area contributed by atoms with Crippen LogP contribution in [0.3, 0.4) is 0 Å². The average molecular weight is 727 g/mol. The molecular formula is C22H29F6IO6S3. The Kier molecular flexibility index (Phi) is 14.4. The van der Waals surface area contributed by atoms with Gasteiger partial charge < -0.3 is 4.55 Å². The van der Waals surface area contributed by atoms with Crippen LogP contribution in [0.1, 0.15) is 52.7 Å². The van der Waals surface area contributed by atoms with E-state index in [9.17, 15) is 26.3 Å². The fourth-order valence-electron chi connectivity index (χ4n) is 2.15. The van der Waals surface area contributed by atoms with Gasteiger partial charge in [0.25, 0.3) is 0 Å². The molecule has 0 radical (unpaired) electrons. The van der Waals surface area contributed by atoms with Gasteiger partial charge in [-0.15, -0.1) is 0 Å². The van der Waals surface area contributed by atoms with Gasteiger partial charge in [0, 0.05) is 0 Å². The summed E-state index contributed by atoms with van der Waals surface area (Å²) in [5, 5.41) is 0. The molecule has 1 N–H and O–H groups in total. The Morgan fingerprint density at radius 3 is 0.974 bits per heavy atom. The van der Waals surface area contributed by atoms with Gasteiger partial charge in [-0.1, -0.05) is 65.8 Å². The minimum Gasteiger partial charge on any atom is -0.741 e. The highest BCUT2D eigenvalue weighted by atomic mass is 127. The molecule has 0 atom stereocenters. The van der Waals surface area contributed by atoms with Gasteiger partial charge in [-0.3, -0.25) is 4.55 Å². The third-order valence-corrected chi connectivity index (χ3v) is 8.05. The normalized spacial score (nSPS) is 12.8. The van der Waals surface area contributed by atoms with Crippen molar-refractivity contribution in [2.24, 2.45) is 0 Å². The summed E-state index contributed by atoms with van der Waals surface area (Å²) in [4.78, 5) is 0. The highest BCUT2D eigenvalue weighted by molar-refractivity contribution is 7.86. The highest BCUT2D eigenvalue weighted by Gasteiger charge is 2.44. The van der Waals surface area contributed by atoms with Crippen LogP contribution < -0.4 is 21.2 Å². The Labute approximate surface area is 236 Å². The maximum Gasteiger partial charge on any atom is 0.522 e. The fraction of sp³-hybridized carbons (Fsp3) is 0.455. The molecule has 0 bridgehead atoms. The quantitative estimate of drug-likeness (QED) is 0.221. The summed E-state index contributed by atoms with van der Waals surface area (Å²) in [6.07, 6.45) is 0. The summed E-state index contributed by atoms with van der Waals surface area (Å²) in [7, 11) is -11.9. The molecule has 0 aromatic heterocycles. The first-order valence-corrected chi connectivity index (χ1v) is 15.1. The van der Waals surface area contributed by atoms with E-state index in [-0.39, 0.29) is 45.5 Å². The molecule has 0 aliphatic rings. The molecule has 0 unspecified atom stereocenters. The molecule has 2 aromatic rings. The number of rotatable bonds is 2. The minimum atomic E-state index is -6.09. The van der Waals surface area contributed by atoms with Gasteiger partial charge in [0.05, 0.1) is 0 Å². The molecule has 0 saturated carbocycles. The van der Waals surface area contributed by atoms with Crippen molar-refractivity contribution in [2.75, 3.05) is 0 Å². The van der Waals surface area contributed by atoms with Crippen molar-refractivity contribution in [3.63, 3.8) is 0 Å². The van der Waals surface area contributed by atoms with Crippen molar-refractivity contribution in [1.29, 1.82) is 0 Å². The molecular weight excluding hydrogens is 697 g/mol. The summed E-state index contributed by atoms with van der Waals surface area (Å²) in [5.74, 6) is 0. The Balaban J connectivity index is 0. The lowest BCUT2D eigenvalue weighted by molar-refractivity contribution is -0.597. The molecule has 2 aromatic carbocycles. The summed E-state index contributed by atoms with van der Waals surface area (Å²) in [5.41, 5.74) is -7.87. The molecule has 220 valence electrons. The molecule has 2 rings (SSSR count). The first-order chi connectivity index (χ1) is 16.2. The third-order valence-electron chi connectivity index (χ3n) is 4.21. The average Bonchev–Trinajstić information content (AvgIpc) is 2.65. The second-order valence-electron chi connectivity index (χ2n) is 9.43. The minimum absolute atomic E-state index is 0. The highest BCUT2D eigenvalue weighted by Crippen LogP contribution is 2.23. The zero-order chi connectivity index (χ0) is 29.7. The molecule has 0 fully saturated rings. The van der Waals surface area contributed by atoms with Crippen molar-refractivity contribution in [1.82, 2.24) is 0 Å². The predicted molar refractivity (Wildman–Crippen MR) is 131 cm³/mol. The lowest BCUT2D eigenvalue weighted by atomic mass is 9.87. The van der Waals surface area contributed by atoms with Gasteiger partial charge in [-0.2, -0.15) is 48.3 Å². The zero-order valence-corrected chi connectivity index (χ0v) is 25.9. The number of halogens is 7. The molecule has 38 heavy (non-hydrogen) atoms. The SMILES string of the molecule is CC(C)(C)c1ccc([I+]c2ccc(C(C)(C)C)cc2)cc1.O=S(=O)(O)C(F)(F)F.O=S(=O)([O-])C(F)(F)F.S. The van der Waals surface area contributed by atoms with Gasteiger partial charge in [0.15, 0.2) is 17.3 Å². The summed E-state index contributed by atoms with van der Waals surface area (Å²) < 4.78 is 119. The molecule has 0 spiro atoms. The van der Waals surface area contributed by atoms with E-state index < -0.39 is 31.3 Å². The molecule has 0 saturated heterocycles. The van der Waals surface area contributed by atoms with E-state index in [2.05, 4.69) is 90.1 Å². The van der Waals surface area contributed by atoms with Crippen molar-refractivity contribution >= 4 is 33.7 Å². The third kappa shape index (κ3) is 14.3. The van der Waals surface area contributed by atoms with Gasteiger partial charge in [0.1, 0.15) is 0 Å². The maximum atomic E-state index is 10.7. The number of hydrogen-bond donors (Lipinski definition) is 1. The standard InChI is InChI=1S/C20H26I.2CHF3O3S.H2S/c1-19(2,3)15-7-11-17(12-8-15)21-18-13-9-16(10-14-18)20(4,5)6;2*2-1(3,4)8(5,6)7;/h7-14H,1-6H3;2*(H,5,6,7);1H2/q+1;;;/p-1. The van der Waals surface area contributed by atoms with E-state index in [1.165, 1.54) is 18.3 Å². The van der Waals surface area contributed by atoms with Crippen molar-refractivity contribution in [2.45, 2.75) is 63.4 Å². The monoisotopic (exact) mass is 726 g/mol. The van der Waals surface area contributed by atoms with Gasteiger partial charge in [-0.05, 0) is 46.2 Å². The number of benzene rings is 2. The first kappa shape index (κ1) is 39.1. The topological polar surface area (TPSA) is 112 Å². The Morgan fingerprint density at radius 2 is 0.842 bits per heavy atom. The number of alkyl halides is 6. The Bertz CT molecular complexity index is 1120. The van der Waals surface area contributed by atoms with E-state index in [1.54, 1.807) is 0 Å². The van der Waals surface area contributed by atoms with E-state index in [4.69, 9.17) is 25.9 Å². The number of hydrogen-bond acceptors (Lipinski definition) is 5. The van der Waals surface area contributed by atoms with Crippen LogP contribution in [0.4, 0.5) is 26.3 Å². The molecule has 0 aliphatic carbocycles. The van der Waals surface area contributed by atoms with Crippen LogP contribution in [-0.4, -0.2) is 37.0 Å². The van der Waals surface area contributed by atoms with Crippen LogP contribution in [0.15, 0.2) is 48.5 Å². The van der Waals surface area contributed by atoms with Gasteiger partial charge >= 0.3 is 42.3 Å². The van der Waals surface area contributed by atoms with E-state index in [1.807, 2.05) is 0 Å². The largest absolute Gasteiger partial charge is 0.741 e.